The van der Waals surface area contributed by atoms with Gasteiger partial charge in [-0.2, -0.15) is 0 Å². The maximum Gasteiger partial charge on any atom is 0.358 e. The lowest BCUT2D eigenvalue weighted by molar-refractivity contribution is -0.152. The number of thiazole rings is 1. The normalized spacial score (nSPS) is 17.8. The number of hydrogen-bond acceptors (Lipinski definition) is 10. The molecule has 2 amide bonds. The second-order valence-electron chi connectivity index (χ2n) is 7.47. The van der Waals surface area contributed by atoms with Crippen molar-refractivity contribution in [1.82, 2.24) is 15.2 Å². The van der Waals surface area contributed by atoms with Crippen LogP contribution in [0.4, 0.5) is 0 Å². The molecule has 2 heterocycles. The number of fused-ring (bicyclic) bond motifs is 1. The summed E-state index contributed by atoms with van der Waals surface area (Å²) in [6.45, 7) is 1.31. The summed E-state index contributed by atoms with van der Waals surface area (Å²) in [6, 6.07) is 15.8. The number of benzene rings is 2. The smallest absolute Gasteiger partial charge is 0.358 e. The lowest BCUT2D eigenvalue weighted by atomic mass is 10.1. The lowest BCUT2D eigenvalue weighted by Crippen LogP contribution is -2.69. The van der Waals surface area contributed by atoms with E-state index in [4.69, 9.17) is 14.2 Å². The van der Waals surface area contributed by atoms with Gasteiger partial charge >= 0.3 is 5.97 Å². The third-order valence-electron chi connectivity index (χ3n) is 5.22. The predicted molar refractivity (Wildman–Crippen MR) is 139 cm³/mol. The number of nitrogens with one attached hydrogen (secondary N) is 1. The average molecular weight is 546 g/mol. The quantitative estimate of drug-likeness (QED) is 0.134. The molecule has 12 heteroatoms. The molecule has 0 bridgehead atoms. The Morgan fingerprint density at radius 2 is 1.81 bits per heavy atom. The van der Waals surface area contributed by atoms with Gasteiger partial charge in [0.2, 0.25) is 0 Å². The van der Waals surface area contributed by atoms with Crippen LogP contribution in [-0.2, 0) is 23.9 Å². The summed E-state index contributed by atoms with van der Waals surface area (Å²) in [5, 5.41) is 2.11. The monoisotopic (exact) mass is 545 g/mol. The van der Waals surface area contributed by atoms with E-state index in [9.17, 15) is 14.4 Å². The molecular weight excluding hydrogens is 522 g/mol. The molecule has 0 radical (unpaired) electrons. The van der Waals surface area contributed by atoms with Gasteiger partial charge in [-0.3, -0.25) is 14.5 Å². The van der Waals surface area contributed by atoms with Crippen molar-refractivity contribution in [3.05, 3.63) is 66.1 Å². The number of carbonyl (C=O) groups excluding carboxylic acids is 3. The third kappa shape index (κ3) is 5.61. The molecule has 9 nitrogen and oxygen atoms in total. The molecule has 1 N–H and O–H groups in total. The molecule has 0 saturated carbocycles. The number of carbonyl (C=O) groups is 3. The Kier molecular flexibility index (Phi) is 8.39. The fourth-order valence-electron chi connectivity index (χ4n) is 3.40. The van der Waals surface area contributed by atoms with Crippen LogP contribution in [0.5, 0.6) is 5.75 Å². The van der Waals surface area contributed by atoms with Crippen molar-refractivity contribution >= 4 is 60.9 Å². The van der Waals surface area contributed by atoms with E-state index in [1.165, 1.54) is 52.0 Å². The number of β-lactam (4-membered cyclic amide) rings is 1. The summed E-state index contributed by atoms with van der Waals surface area (Å²) < 4.78 is 17.5. The minimum atomic E-state index is -0.881. The van der Waals surface area contributed by atoms with Crippen LogP contribution in [0.15, 0.2) is 70.4 Å². The molecule has 0 aliphatic carbocycles. The van der Waals surface area contributed by atoms with Crippen molar-refractivity contribution in [1.29, 1.82) is 0 Å². The molecule has 0 spiro atoms. The van der Waals surface area contributed by atoms with Crippen molar-refractivity contribution in [2.45, 2.75) is 22.7 Å². The van der Waals surface area contributed by atoms with E-state index >= 15 is 0 Å². The number of ether oxygens (including phenoxy) is 3. The zero-order valence-electron chi connectivity index (χ0n) is 19.6. The molecule has 36 heavy (non-hydrogen) atoms. The van der Waals surface area contributed by atoms with E-state index in [0.29, 0.717) is 5.75 Å². The maximum atomic E-state index is 13.2. The average Bonchev–Trinajstić information content (AvgIpc) is 3.33. The van der Waals surface area contributed by atoms with Gasteiger partial charge in [0.25, 0.3) is 11.8 Å². The molecule has 1 aliphatic rings. The van der Waals surface area contributed by atoms with Gasteiger partial charge in [-0.15, -0.1) is 11.3 Å². The Hall–Kier alpha value is -3.22. The highest BCUT2D eigenvalue weighted by Gasteiger charge is 2.53. The number of aromatic nitrogens is 1. The molecule has 1 fully saturated rings. The first kappa shape index (κ1) is 25.9. The minimum absolute atomic E-state index is 0.0153. The van der Waals surface area contributed by atoms with Gasteiger partial charge in [0.05, 0.1) is 24.4 Å². The molecule has 3 aromatic rings. The second-order valence-corrected chi connectivity index (χ2v) is 11.1. The Bertz CT molecular complexity index is 1260. The summed E-state index contributed by atoms with van der Waals surface area (Å²) in [7, 11) is 5.31. The summed E-state index contributed by atoms with van der Waals surface area (Å²) in [6.07, 6.45) is 0. The Labute approximate surface area is 219 Å². The van der Waals surface area contributed by atoms with Crippen LogP contribution in [0.25, 0.3) is 10.2 Å². The van der Waals surface area contributed by atoms with Crippen LogP contribution in [0.1, 0.15) is 6.92 Å². The Morgan fingerprint density at radius 1 is 1.08 bits per heavy atom. The van der Waals surface area contributed by atoms with Gasteiger partial charge in [0.15, 0.2) is 16.6 Å². The molecule has 2 aromatic carbocycles. The van der Waals surface area contributed by atoms with Crippen LogP contribution >= 0.6 is 32.9 Å². The third-order valence-corrected chi connectivity index (χ3v) is 9.24. The van der Waals surface area contributed by atoms with Crippen molar-refractivity contribution < 1.29 is 28.6 Å². The van der Waals surface area contributed by atoms with E-state index in [2.05, 4.69) is 10.3 Å². The van der Waals surface area contributed by atoms with Gasteiger partial charge < -0.3 is 19.5 Å². The zero-order chi connectivity index (χ0) is 25.7. The van der Waals surface area contributed by atoms with Gasteiger partial charge in [-0.25, -0.2) is 9.78 Å². The van der Waals surface area contributed by atoms with Gasteiger partial charge in [0.1, 0.15) is 22.9 Å². The van der Waals surface area contributed by atoms with E-state index in [1.807, 2.05) is 30.3 Å². The number of methoxy groups -OCH3 is 2. The zero-order valence-corrected chi connectivity index (χ0v) is 22.1. The van der Waals surface area contributed by atoms with Gasteiger partial charge in [-0.05, 0) is 42.0 Å². The van der Waals surface area contributed by atoms with Gasteiger partial charge in [0, 0.05) is 0 Å². The van der Waals surface area contributed by atoms with Crippen molar-refractivity contribution in [2.24, 2.45) is 0 Å². The van der Waals surface area contributed by atoms with Crippen LogP contribution in [-0.4, -0.2) is 59.9 Å². The molecule has 1 aromatic heterocycles. The highest BCUT2D eigenvalue weighted by atomic mass is 33.1. The molecule has 1 aliphatic heterocycles. The minimum Gasteiger partial charge on any atom is -0.499 e. The lowest BCUT2D eigenvalue weighted by Gasteiger charge is -2.46. The molecule has 4 rings (SSSR count). The first-order valence-corrected chi connectivity index (χ1v) is 13.8. The number of esters is 1. The summed E-state index contributed by atoms with van der Waals surface area (Å²) in [5.74, 6) is -0.863. The SMILES string of the molecule is COC(=O)C(=C(C)OC)N1C(=O)C(NC(=O)COc2ccccc2)C1SSc1nc2ccccc2s1. The highest BCUT2D eigenvalue weighted by molar-refractivity contribution is 8.77. The topological polar surface area (TPSA) is 107 Å². The molecule has 2 atom stereocenters. The molecular formula is C24H23N3O6S3. The van der Waals surface area contributed by atoms with Gasteiger partial charge in [-0.1, -0.05) is 41.1 Å². The molecule has 2 unspecified atom stereocenters. The summed E-state index contributed by atoms with van der Waals surface area (Å²) in [4.78, 5) is 44.2. The first-order valence-electron chi connectivity index (χ1n) is 10.7. The second kappa shape index (κ2) is 11.7. The molecule has 1 saturated heterocycles. The molecule has 188 valence electrons. The Balaban J connectivity index is 1.52. The summed E-state index contributed by atoms with van der Waals surface area (Å²) >= 11 is 1.52. The number of hydrogen-bond donors (Lipinski definition) is 1. The van der Waals surface area contributed by atoms with Crippen molar-refractivity contribution in [3.63, 3.8) is 0 Å². The van der Waals surface area contributed by atoms with Crippen LogP contribution in [0.2, 0.25) is 0 Å². The number of allylic oxidation sites excluding steroid dienone is 1. The fraction of sp³-hybridized carbons (Fsp3) is 0.250. The number of nitrogens with zero attached hydrogens (tertiary/aromatic N) is 2. The van der Waals surface area contributed by atoms with Crippen LogP contribution < -0.4 is 10.1 Å². The number of rotatable bonds is 10. The van der Waals surface area contributed by atoms with Crippen LogP contribution in [0, 0.1) is 0 Å². The van der Waals surface area contributed by atoms with E-state index in [1.54, 1.807) is 31.2 Å². The standard InChI is InChI=1S/C24H23N3O6S3/c1-14(31-2)20(23(30)32-3)27-21(29)19(26-18(28)13-33-15-9-5-4-6-10-15)22(27)35-36-24-25-16-11-7-8-12-17(16)34-24/h4-12,19,22H,13H2,1-3H3,(H,26,28). The van der Waals surface area contributed by atoms with Crippen molar-refractivity contribution in [3.8, 4) is 5.75 Å². The predicted octanol–water partition coefficient (Wildman–Crippen LogP) is 3.82. The first-order chi connectivity index (χ1) is 17.4. The number of amides is 2. The Morgan fingerprint density at radius 3 is 2.50 bits per heavy atom. The van der Waals surface area contributed by atoms with E-state index in [0.717, 1.165) is 14.6 Å². The number of likely N-dealkylation sites (tertiary alicyclic amines) is 1. The highest BCUT2D eigenvalue weighted by Crippen LogP contribution is 2.45. The largest absolute Gasteiger partial charge is 0.499 e. The van der Waals surface area contributed by atoms with Crippen LogP contribution in [0.3, 0.4) is 0 Å². The van der Waals surface area contributed by atoms with E-state index < -0.39 is 29.2 Å². The van der Waals surface area contributed by atoms with Crippen molar-refractivity contribution in [2.75, 3.05) is 20.8 Å². The maximum absolute atomic E-state index is 13.2. The fourth-order valence-corrected chi connectivity index (χ4v) is 7.31. The summed E-state index contributed by atoms with van der Waals surface area (Å²) in [5.41, 5.74) is 0.860. The van der Waals surface area contributed by atoms with E-state index in [-0.39, 0.29) is 18.1 Å². The number of para-hydroxylation sites is 2.